The summed E-state index contributed by atoms with van der Waals surface area (Å²) in [5, 5.41) is 5.12. The molecule has 0 aliphatic carbocycles. The Labute approximate surface area is 138 Å². The predicted octanol–water partition coefficient (Wildman–Crippen LogP) is -0.0963. The van der Waals surface area contributed by atoms with Crippen LogP contribution in [0.1, 0.15) is 26.7 Å². The van der Waals surface area contributed by atoms with Gasteiger partial charge in [0.1, 0.15) is 6.29 Å². The van der Waals surface area contributed by atoms with Gasteiger partial charge in [0.25, 0.3) is 0 Å². The third-order valence-electron chi connectivity index (χ3n) is 2.31. The van der Waals surface area contributed by atoms with Crippen LogP contribution in [0.4, 0.5) is 0 Å². The largest absolute Gasteiger partial charge is 0.380 e. The maximum Gasteiger partial charge on any atom is 0.220 e. The van der Waals surface area contributed by atoms with Crippen molar-refractivity contribution in [2.45, 2.75) is 26.7 Å². The number of carbonyl (C=O) groups excluding carboxylic acids is 3. The second kappa shape index (κ2) is 22.8. The van der Waals surface area contributed by atoms with E-state index in [0.717, 1.165) is 12.9 Å². The van der Waals surface area contributed by atoms with Crippen LogP contribution in [0.5, 0.6) is 0 Å². The molecule has 8 nitrogen and oxygen atoms in total. The standard InChI is InChI=1S/C8H15NO3.C7H15NO3/c1-2-12-7-5-9-8(11)4-3-6-10;1-2-10-5-6-11-4-3-8-7-9/h6H,2-5,7H2,1H3,(H,9,11);7H,2-6H2,1H3,(H,8,9). The molecular weight excluding hydrogens is 304 g/mol. The van der Waals surface area contributed by atoms with Gasteiger partial charge in [-0.25, -0.2) is 0 Å². The Bertz CT molecular complexity index is 277. The Hall–Kier alpha value is -1.51. The normalized spacial score (nSPS) is 9.48. The lowest BCUT2D eigenvalue weighted by atomic mass is 10.3. The highest BCUT2D eigenvalue weighted by Crippen LogP contribution is 1.83. The molecule has 0 aliphatic heterocycles. The fraction of sp³-hybridized carbons (Fsp3) is 0.800. The zero-order valence-electron chi connectivity index (χ0n) is 14.2. The number of ether oxygens (including phenoxy) is 3. The number of aldehydes is 1. The van der Waals surface area contributed by atoms with Gasteiger partial charge < -0.3 is 29.6 Å². The minimum atomic E-state index is -0.0956. The van der Waals surface area contributed by atoms with Gasteiger partial charge >= 0.3 is 0 Å². The van der Waals surface area contributed by atoms with Crippen molar-refractivity contribution in [3.63, 3.8) is 0 Å². The Morgan fingerprint density at radius 3 is 2.13 bits per heavy atom. The lowest BCUT2D eigenvalue weighted by Gasteiger charge is -2.02. The van der Waals surface area contributed by atoms with Gasteiger partial charge in [-0.3, -0.25) is 9.59 Å². The van der Waals surface area contributed by atoms with Gasteiger partial charge in [0.2, 0.25) is 12.3 Å². The smallest absolute Gasteiger partial charge is 0.220 e. The first-order chi connectivity index (χ1) is 11.2. The topological polar surface area (TPSA) is 103 Å². The fourth-order valence-electron chi connectivity index (χ4n) is 1.24. The van der Waals surface area contributed by atoms with E-state index in [-0.39, 0.29) is 12.3 Å². The predicted molar refractivity (Wildman–Crippen MR) is 86.2 cm³/mol. The summed E-state index contributed by atoms with van der Waals surface area (Å²) < 4.78 is 15.1. The van der Waals surface area contributed by atoms with Gasteiger partial charge in [-0.15, -0.1) is 0 Å². The first-order valence-corrected chi connectivity index (χ1v) is 7.83. The molecule has 0 bridgehead atoms. The highest BCUT2D eigenvalue weighted by Gasteiger charge is 1.98. The summed E-state index contributed by atoms with van der Waals surface area (Å²) in [5.74, 6) is -0.0956. The van der Waals surface area contributed by atoms with Crippen molar-refractivity contribution >= 4 is 18.6 Å². The van der Waals surface area contributed by atoms with E-state index in [1.807, 2.05) is 13.8 Å². The van der Waals surface area contributed by atoms with Crippen LogP contribution >= 0.6 is 0 Å². The van der Waals surface area contributed by atoms with Crippen molar-refractivity contribution in [3.05, 3.63) is 0 Å². The number of hydrogen-bond acceptors (Lipinski definition) is 6. The minimum Gasteiger partial charge on any atom is -0.380 e. The lowest BCUT2D eigenvalue weighted by molar-refractivity contribution is -0.122. The molecule has 0 atom stereocenters. The molecule has 0 spiro atoms. The maximum atomic E-state index is 10.8. The zero-order chi connectivity index (χ0) is 17.6. The molecule has 23 heavy (non-hydrogen) atoms. The molecule has 0 heterocycles. The quantitative estimate of drug-likeness (QED) is 0.320. The van der Waals surface area contributed by atoms with Crippen LogP contribution in [-0.4, -0.2) is 71.3 Å². The first kappa shape index (κ1) is 23.8. The summed E-state index contributed by atoms with van der Waals surface area (Å²) >= 11 is 0. The molecule has 0 aromatic carbocycles. The first-order valence-electron chi connectivity index (χ1n) is 7.83. The van der Waals surface area contributed by atoms with Crippen LogP contribution in [0.15, 0.2) is 0 Å². The Morgan fingerprint density at radius 2 is 1.52 bits per heavy atom. The van der Waals surface area contributed by atoms with E-state index in [4.69, 9.17) is 14.2 Å². The molecule has 0 rings (SSSR count). The summed E-state index contributed by atoms with van der Waals surface area (Å²) in [7, 11) is 0. The molecule has 0 saturated carbocycles. The van der Waals surface area contributed by atoms with E-state index in [1.54, 1.807) is 0 Å². The molecule has 0 aromatic heterocycles. The van der Waals surface area contributed by atoms with Crippen LogP contribution in [0.2, 0.25) is 0 Å². The SMILES string of the molecule is CCOCCNC(=O)CCC=O.CCOCCOCCNC=O. The summed E-state index contributed by atoms with van der Waals surface area (Å²) in [6.07, 6.45) is 1.96. The molecule has 0 aliphatic rings. The van der Waals surface area contributed by atoms with E-state index in [0.29, 0.717) is 59.0 Å². The molecule has 0 saturated heterocycles. The Kier molecular flexibility index (Phi) is 23.5. The average molecular weight is 334 g/mol. The third-order valence-corrected chi connectivity index (χ3v) is 2.31. The molecule has 2 amide bonds. The Morgan fingerprint density at radius 1 is 0.913 bits per heavy atom. The molecule has 2 N–H and O–H groups in total. The second-order valence-electron chi connectivity index (χ2n) is 4.13. The van der Waals surface area contributed by atoms with E-state index in [1.165, 1.54) is 0 Å². The van der Waals surface area contributed by atoms with Crippen LogP contribution in [-0.2, 0) is 28.6 Å². The van der Waals surface area contributed by atoms with Crippen molar-refractivity contribution in [3.8, 4) is 0 Å². The number of rotatable bonds is 15. The van der Waals surface area contributed by atoms with E-state index >= 15 is 0 Å². The van der Waals surface area contributed by atoms with E-state index in [2.05, 4.69) is 10.6 Å². The van der Waals surface area contributed by atoms with Crippen molar-refractivity contribution in [1.82, 2.24) is 10.6 Å². The molecule has 0 unspecified atom stereocenters. The van der Waals surface area contributed by atoms with Crippen LogP contribution < -0.4 is 10.6 Å². The van der Waals surface area contributed by atoms with Gasteiger partial charge in [-0.2, -0.15) is 0 Å². The molecule has 8 heteroatoms. The van der Waals surface area contributed by atoms with Gasteiger partial charge in [0.05, 0.1) is 26.4 Å². The zero-order valence-corrected chi connectivity index (χ0v) is 14.2. The van der Waals surface area contributed by atoms with Crippen LogP contribution in [0.25, 0.3) is 0 Å². The van der Waals surface area contributed by atoms with Crippen molar-refractivity contribution < 1.29 is 28.6 Å². The van der Waals surface area contributed by atoms with Crippen molar-refractivity contribution in [2.75, 3.05) is 52.7 Å². The second-order valence-corrected chi connectivity index (χ2v) is 4.13. The summed E-state index contributed by atoms with van der Waals surface area (Å²) in [6, 6.07) is 0. The fourth-order valence-corrected chi connectivity index (χ4v) is 1.24. The van der Waals surface area contributed by atoms with Gasteiger partial charge in [0, 0.05) is 39.1 Å². The van der Waals surface area contributed by atoms with Crippen molar-refractivity contribution in [2.24, 2.45) is 0 Å². The summed E-state index contributed by atoms with van der Waals surface area (Å²) in [4.78, 5) is 30.5. The highest BCUT2D eigenvalue weighted by atomic mass is 16.5. The third kappa shape index (κ3) is 25.8. The molecule has 136 valence electrons. The van der Waals surface area contributed by atoms with Gasteiger partial charge in [0.15, 0.2) is 0 Å². The number of nitrogens with one attached hydrogen (secondary N) is 2. The Balaban J connectivity index is 0. The van der Waals surface area contributed by atoms with Crippen molar-refractivity contribution in [1.29, 1.82) is 0 Å². The minimum absolute atomic E-state index is 0.0956. The monoisotopic (exact) mass is 334 g/mol. The molecular formula is C15H30N2O6. The van der Waals surface area contributed by atoms with E-state index < -0.39 is 0 Å². The molecule has 0 radical (unpaired) electrons. The maximum absolute atomic E-state index is 10.8. The van der Waals surface area contributed by atoms with Gasteiger partial charge in [-0.1, -0.05) is 0 Å². The summed E-state index contributed by atoms with van der Waals surface area (Å²) in [5.41, 5.74) is 0. The number of amides is 2. The molecule has 0 fully saturated rings. The number of hydrogen-bond donors (Lipinski definition) is 2. The van der Waals surface area contributed by atoms with Gasteiger partial charge in [-0.05, 0) is 13.8 Å². The lowest BCUT2D eigenvalue weighted by Crippen LogP contribution is -2.26. The molecule has 0 aromatic rings. The van der Waals surface area contributed by atoms with Crippen LogP contribution in [0, 0.1) is 0 Å². The number of carbonyl (C=O) groups is 3. The van der Waals surface area contributed by atoms with Crippen LogP contribution in [0.3, 0.4) is 0 Å². The highest BCUT2D eigenvalue weighted by molar-refractivity contribution is 5.77. The average Bonchev–Trinajstić information content (AvgIpc) is 2.57. The summed E-state index contributed by atoms with van der Waals surface area (Å²) in [6.45, 7) is 8.59. The van der Waals surface area contributed by atoms with E-state index in [9.17, 15) is 14.4 Å².